The van der Waals surface area contributed by atoms with Crippen molar-refractivity contribution >= 4 is 44.3 Å². The van der Waals surface area contributed by atoms with E-state index in [-0.39, 0.29) is 21.9 Å². The number of hydrazine groups is 1. The Morgan fingerprint density at radius 1 is 1.00 bits per heavy atom. The first-order valence-corrected chi connectivity index (χ1v) is 12.6. The molecule has 2 amide bonds. The van der Waals surface area contributed by atoms with E-state index >= 15 is 0 Å². The Labute approximate surface area is 197 Å². The summed E-state index contributed by atoms with van der Waals surface area (Å²) in [5.74, 6) is -1.04. The lowest BCUT2D eigenvalue weighted by atomic mass is 10.1. The maximum atomic E-state index is 13.1. The first-order valence-electron chi connectivity index (χ1n) is 10.8. The first-order chi connectivity index (χ1) is 15.9. The summed E-state index contributed by atoms with van der Waals surface area (Å²) in [7, 11) is -3.83. The van der Waals surface area contributed by atoms with Crippen LogP contribution < -0.4 is 10.9 Å². The molecule has 0 atom stereocenters. The van der Waals surface area contributed by atoms with E-state index in [4.69, 9.17) is 11.6 Å². The molecule has 2 aromatic carbocycles. The Bertz CT molecular complexity index is 1280. The molecule has 33 heavy (non-hydrogen) atoms. The highest BCUT2D eigenvalue weighted by molar-refractivity contribution is 7.89. The number of carbonyl (C=O) groups excluding carboxylic acids is 2. The molecule has 3 aromatic rings. The van der Waals surface area contributed by atoms with Gasteiger partial charge in [-0.15, -0.1) is 0 Å². The second-order valence-corrected chi connectivity index (χ2v) is 10.3. The zero-order valence-corrected chi connectivity index (χ0v) is 19.5. The minimum atomic E-state index is -3.83. The lowest BCUT2D eigenvalue weighted by Crippen LogP contribution is -2.42. The minimum absolute atomic E-state index is 0.0548. The zero-order valence-electron chi connectivity index (χ0n) is 17.9. The fourth-order valence-corrected chi connectivity index (χ4v) is 5.97. The number of rotatable bonds is 5. The highest BCUT2D eigenvalue weighted by atomic mass is 35.5. The summed E-state index contributed by atoms with van der Waals surface area (Å²) in [4.78, 5) is 27.9. The predicted molar refractivity (Wildman–Crippen MR) is 126 cm³/mol. The summed E-state index contributed by atoms with van der Waals surface area (Å²) < 4.78 is 27.7. The molecule has 0 radical (unpaired) electrons. The van der Waals surface area contributed by atoms with Gasteiger partial charge >= 0.3 is 0 Å². The van der Waals surface area contributed by atoms with Crippen molar-refractivity contribution in [3.8, 4) is 0 Å². The number of nitrogens with zero attached hydrogens (tertiary/aromatic N) is 1. The second-order valence-electron chi connectivity index (χ2n) is 8.00. The number of hydrogen-bond donors (Lipinski definition) is 3. The Hall–Kier alpha value is -2.88. The van der Waals surface area contributed by atoms with Crippen LogP contribution in [0.15, 0.2) is 53.6 Å². The van der Waals surface area contributed by atoms with Gasteiger partial charge in [-0.25, -0.2) is 8.42 Å². The van der Waals surface area contributed by atoms with Crippen LogP contribution in [0.3, 0.4) is 0 Å². The average Bonchev–Trinajstić information content (AvgIpc) is 3.01. The molecular formula is C23H25ClN4O4S. The van der Waals surface area contributed by atoms with Gasteiger partial charge < -0.3 is 4.98 Å². The number of aromatic nitrogens is 1. The smallest absolute Gasteiger partial charge is 0.269 e. The Kier molecular flexibility index (Phi) is 7.02. The number of halogens is 1. The summed E-state index contributed by atoms with van der Waals surface area (Å²) in [6.45, 7) is 0.859. The molecule has 1 saturated heterocycles. The molecule has 0 unspecified atom stereocenters. The number of sulfonamides is 1. The molecule has 1 aliphatic heterocycles. The van der Waals surface area contributed by atoms with Gasteiger partial charge in [0.05, 0.1) is 11.4 Å². The Morgan fingerprint density at radius 2 is 1.73 bits per heavy atom. The topological polar surface area (TPSA) is 111 Å². The quantitative estimate of drug-likeness (QED) is 0.478. The fourth-order valence-electron chi connectivity index (χ4n) is 3.96. The highest BCUT2D eigenvalue weighted by Crippen LogP contribution is 2.27. The summed E-state index contributed by atoms with van der Waals surface area (Å²) in [6, 6.07) is 11.7. The number of benzene rings is 2. The largest absolute Gasteiger partial charge is 0.361 e. The molecule has 1 aliphatic rings. The fraction of sp³-hybridized carbons (Fsp3) is 0.304. The normalized spacial score (nSPS) is 15.2. The SMILES string of the molecule is O=C(Cc1c[nH]c2ccccc12)NNC(=O)c1ccc(Cl)c(S(=O)(=O)N2CCCCCC2)c1. The number of para-hydroxylation sites is 1. The van der Waals surface area contributed by atoms with Gasteiger partial charge in [-0.3, -0.25) is 20.4 Å². The molecule has 2 heterocycles. The van der Waals surface area contributed by atoms with Crippen molar-refractivity contribution in [2.45, 2.75) is 37.0 Å². The van der Waals surface area contributed by atoms with Crippen molar-refractivity contribution < 1.29 is 18.0 Å². The van der Waals surface area contributed by atoms with Crippen molar-refractivity contribution in [2.75, 3.05) is 13.1 Å². The van der Waals surface area contributed by atoms with E-state index in [0.29, 0.717) is 13.1 Å². The van der Waals surface area contributed by atoms with Crippen LogP contribution in [-0.2, 0) is 21.2 Å². The third kappa shape index (κ3) is 5.21. The number of nitrogens with one attached hydrogen (secondary N) is 3. The standard InChI is InChI=1S/C23H25ClN4O4S/c24-19-10-9-16(13-21(19)33(31,32)28-11-5-1-2-6-12-28)23(30)27-26-22(29)14-17-15-25-20-8-4-3-7-18(17)20/h3-4,7-10,13,15,25H,1-2,5-6,11-12,14H2,(H,26,29)(H,27,30). The summed E-state index contributed by atoms with van der Waals surface area (Å²) in [5.41, 5.74) is 6.53. The summed E-state index contributed by atoms with van der Waals surface area (Å²) in [5, 5.41) is 0.985. The van der Waals surface area contributed by atoms with Crippen LogP contribution in [0, 0.1) is 0 Å². The molecular weight excluding hydrogens is 464 g/mol. The van der Waals surface area contributed by atoms with Crippen LogP contribution >= 0.6 is 11.6 Å². The van der Waals surface area contributed by atoms with Crippen molar-refractivity contribution in [1.29, 1.82) is 0 Å². The third-order valence-electron chi connectivity index (χ3n) is 5.72. The van der Waals surface area contributed by atoms with E-state index in [9.17, 15) is 18.0 Å². The van der Waals surface area contributed by atoms with Crippen LogP contribution in [-0.4, -0.2) is 42.6 Å². The number of carbonyl (C=O) groups is 2. The van der Waals surface area contributed by atoms with Gasteiger partial charge in [0.25, 0.3) is 5.91 Å². The first kappa shape index (κ1) is 23.3. The van der Waals surface area contributed by atoms with Crippen LogP contribution in [0.2, 0.25) is 5.02 Å². The van der Waals surface area contributed by atoms with Gasteiger partial charge in [-0.1, -0.05) is 42.6 Å². The average molecular weight is 489 g/mol. The molecule has 0 spiro atoms. The van der Waals surface area contributed by atoms with Crippen molar-refractivity contribution in [1.82, 2.24) is 20.1 Å². The second kappa shape index (κ2) is 9.94. The van der Waals surface area contributed by atoms with E-state index in [1.807, 2.05) is 24.3 Å². The third-order valence-corrected chi connectivity index (χ3v) is 8.10. The van der Waals surface area contributed by atoms with Crippen LogP contribution in [0.4, 0.5) is 0 Å². The van der Waals surface area contributed by atoms with E-state index in [1.165, 1.54) is 22.5 Å². The van der Waals surface area contributed by atoms with Gasteiger partial charge in [-0.05, 0) is 42.7 Å². The van der Waals surface area contributed by atoms with Gasteiger partial charge in [0, 0.05) is 35.8 Å². The number of hydrogen-bond acceptors (Lipinski definition) is 4. The number of aromatic amines is 1. The van der Waals surface area contributed by atoms with E-state index in [0.717, 1.165) is 42.1 Å². The van der Waals surface area contributed by atoms with Crippen LogP contribution in [0.25, 0.3) is 10.9 Å². The molecule has 8 nitrogen and oxygen atoms in total. The molecule has 3 N–H and O–H groups in total. The molecule has 0 bridgehead atoms. The van der Waals surface area contributed by atoms with E-state index in [1.54, 1.807) is 6.20 Å². The maximum Gasteiger partial charge on any atom is 0.269 e. The van der Waals surface area contributed by atoms with Crippen molar-refractivity contribution in [3.05, 3.63) is 64.8 Å². The molecule has 0 aliphatic carbocycles. The van der Waals surface area contributed by atoms with Crippen molar-refractivity contribution in [3.63, 3.8) is 0 Å². The van der Waals surface area contributed by atoms with E-state index in [2.05, 4.69) is 15.8 Å². The van der Waals surface area contributed by atoms with Crippen molar-refractivity contribution in [2.24, 2.45) is 0 Å². The lowest BCUT2D eigenvalue weighted by Gasteiger charge is -2.21. The Balaban J connectivity index is 1.43. The molecule has 1 fully saturated rings. The molecule has 0 saturated carbocycles. The predicted octanol–water partition coefficient (Wildman–Crippen LogP) is 3.39. The highest BCUT2D eigenvalue weighted by Gasteiger charge is 2.28. The van der Waals surface area contributed by atoms with Crippen LogP contribution in [0.5, 0.6) is 0 Å². The molecule has 1 aromatic heterocycles. The summed E-state index contributed by atoms with van der Waals surface area (Å²) in [6.07, 6.45) is 5.38. The minimum Gasteiger partial charge on any atom is -0.361 e. The monoisotopic (exact) mass is 488 g/mol. The maximum absolute atomic E-state index is 13.1. The number of amides is 2. The molecule has 10 heteroatoms. The lowest BCUT2D eigenvalue weighted by molar-refractivity contribution is -0.121. The van der Waals surface area contributed by atoms with Crippen LogP contribution in [0.1, 0.15) is 41.6 Å². The number of fused-ring (bicyclic) bond motifs is 1. The number of H-pyrrole nitrogens is 1. The van der Waals surface area contributed by atoms with E-state index < -0.39 is 21.8 Å². The molecule has 174 valence electrons. The van der Waals surface area contributed by atoms with Gasteiger partial charge in [0.2, 0.25) is 15.9 Å². The van der Waals surface area contributed by atoms with Gasteiger partial charge in [-0.2, -0.15) is 4.31 Å². The Morgan fingerprint density at radius 3 is 2.48 bits per heavy atom. The molecule has 4 rings (SSSR count). The van der Waals surface area contributed by atoms with Gasteiger partial charge in [0.1, 0.15) is 4.90 Å². The van der Waals surface area contributed by atoms with Gasteiger partial charge in [0.15, 0.2) is 0 Å². The zero-order chi connectivity index (χ0) is 23.4. The summed E-state index contributed by atoms with van der Waals surface area (Å²) >= 11 is 6.19.